The average Bonchev–Trinajstić information content (AvgIpc) is 2.42. The number of thioether (sulfide) groups is 1. The largest absolute Gasteiger partial charge is 0.245 e. The van der Waals surface area contributed by atoms with Crippen LogP contribution in [0.5, 0.6) is 0 Å². The van der Waals surface area contributed by atoms with Gasteiger partial charge in [0.2, 0.25) is 0 Å². The first kappa shape index (κ1) is 13.6. The molecule has 3 nitrogen and oxygen atoms in total. The Balaban J connectivity index is 2.23. The molecule has 0 N–H and O–H groups in total. The van der Waals surface area contributed by atoms with Gasteiger partial charge in [0.25, 0.3) is 0 Å². The molecular weight excluding hydrogens is 254 g/mol. The molecule has 1 unspecified atom stereocenters. The first-order valence-electron chi connectivity index (χ1n) is 6.13. The molecule has 0 saturated carbocycles. The maximum Gasteiger partial charge on any atom is 0.115 e. The lowest BCUT2D eigenvalue weighted by Crippen LogP contribution is -2.01. The number of nitrogens with zero attached hydrogens (tertiary/aromatic N) is 3. The number of hydrogen-bond donors (Lipinski definition) is 0. The first-order valence-corrected chi connectivity index (χ1v) is 7.01. The maximum absolute atomic E-state index is 9.33. The fourth-order valence-electron chi connectivity index (χ4n) is 1.79. The highest BCUT2D eigenvalue weighted by Crippen LogP contribution is 2.27. The van der Waals surface area contributed by atoms with Gasteiger partial charge in [-0.05, 0) is 23.8 Å². The van der Waals surface area contributed by atoms with Gasteiger partial charge < -0.3 is 0 Å². The van der Waals surface area contributed by atoms with Gasteiger partial charge in [-0.15, -0.1) is 11.8 Å². The molecule has 0 aliphatic heterocycles. The van der Waals surface area contributed by atoms with E-state index in [0.717, 1.165) is 11.3 Å². The third-order valence-electron chi connectivity index (χ3n) is 2.61. The predicted octanol–water partition coefficient (Wildman–Crippen LogP) is 3.63. The molecule has 0 fully saturated rings. The standard InChI is InChI=1S/C15H15N3S/c1-11(2)19-13-5-3-12(4-6-13)14(9-16)15-7-8-17-10-18-15/h3-8,10-11,14H,1-2H3. The van der Waals surface area contributed by atoms with Crippen LogP contribution in [0.1, 0.15) is 31.0 Å². The van der Waals surface area contributed by atoms with Gasteiger partial charge in [-0.1, -0.05) is 26.0 Å². The molecule has 0 saturated heterocycles. The Bertz CT molecular complexity index is 558. The number of hydrogen-bond acceptors (Lipinski definition) is 4. The fourth-order valence-corrected chi connectivity index (χ4v) is 2.63. The van der Waals surface area contributed by atoms with E-state index in [1.165, 1.54) is 11.2 Å². The summed E-state index contributed by atoms with van der Waals surface area (Å²) < 4.78 is 0. The molecule has 19 heavy (non-hydrogen) atoms. The SMILES string of the molecule is CC(C)Sc1ccc(C(C#N)c2ccncn2)cc1. The van der Waals surface area contributed by atoms with Crippen molar-refractivity contribution in [2.75, 3.05) is 0 Å². The van der Waals surface area contributed by atoms with Crippen molar-refractivity contribution in [3.63, 3.8) is 0 Å². The summed E-state index contributed by atoms with van der Waals surface area (Å²) in [5.41, 5.74) is 1.70. The van der Waals surface area contributed by atoms with Crippen molar-refractivity contribution in [1.29, 1.82) is 5.26 Å². The van der Waals surface area contributed by atoms with Crippen LogP contribution in [0.2, 0.25) is 0 Å². The Kier molecular flexibility index (Phi) is 4.53. The summed E-state index contributed by atoms with van der Waals surface area (Å²) >= 11 is 1.81. The second kappa shape index (κ2) is 6.35. The summed E-state index contributed by atoms with van der Waals surface area (Å²) in [6.45, 7) is 4.33. The van der Waals surface area contributed by atoms with E-state index < -0.39 is 0 Å². The molecule has 2 rings (SSSR count). The van der Waals surface area contributed by atoms with Crippen molar-refractivity contribution in [2.24, 2.45) is 0 Å². The van der Waals surface area contributed by atoms with Crippen molar-refractivity contribution in [1.82, 2.24) is 9.97 Å². The number of rotatable bonds is 4. The third kappa shape index (κ3) is 3.55. The summed E-state index contributed by atoms with van der Waals surface area (Å²) in [6.07, 6.45) is 3.14. The monoisotopic (exact) mass is 269 g/mol. The van der Waals surface area contributed by atoms with E-state index in [-0.39, 0.29) is 5.92 Å². The van der Waals surface area contributed by atoms with Crippen molar-refractivity contribution < 1.29 is 0 Å². The Labute approximate surface area is 117 Å². The minimum atomic E-state index is -0.332. The van der Waals surface area contributed by atoms with Gasteiger partial charge in [0.15, 0.2) is 0 Å². The molecule has 1 atom stereocenters. The quantitative estimate of drug-likeness (QED) is 0.795. The zero-order valence-corrected chi connectivity index (χ0v) is 11.8. The molecule has 0 aliphatic rings. The lowest BCUT2D eigenvalue weighted by molar-refractivity contribution is 0.941. The van der Waals surface area contributed by atoms with Gasteiger partial charge in [-0.3, -0.25) is 0 Å². The van der Waals surface area contributed by atoms with E-state index >= 15 is 0 Å². The zero-order chi connectivity index (χ0) is 13.7. The molecule has 1 heterocycles. The van der Waals surface area contributed by atoms with Gasteiger partial charge in [-0.2, -0.15) is 5.26 Å². The van der Waals surface area contributed by atoms with Crippen LogP contribution in [0.4, 0.5) is 0 Å². The smallest absolute Gasteiger partial charge is 0.115 e. The topological polar surface area (TPSA) is 49.6 Å². The van der Waals surface area contributed by atoms with Crippen LogP contribution in [-0.2, 0) is 0 Å². The molecular formula is C15H15N3S. The summed E-state index contributed by atoms with van der Waals surface area (Å²) in [4.78, 5) is 9.26. The van der Waals surface area contributed by atoms with Gasteiger partial charge in [0.1, 0.15) is 12.2 Å². The van der Waals surface area contributed by atoms with E-state index in [9.17, 15) is 5.26 Å². The van der Waals surface area contributed by atoms with Crippen molar-refractivity contribution >= 4 is 11.8 Å². The molecule has 0 bridgehead atoms. The van der Waals surface area contributed by atoms with Gasteiger partial charge in [0, 0.05) is 16.3 Å². The Morgan fingerprint density at radius 2 is 1.89 bits per heavy atom. The number of benzene rings is 1. The highest BCUT2D eigenvalue weighted by molar-refractivity contribution is 7.99. The second-order valence-electron chi connectivity index (χ2n) is 4.43. The molecule has 2 aromatic rings. The molecule has 1 aromatic heterocycles. The molecule has 1 aromatic carbocycles. The maximum atomic E-state index is 9.33. The second-order valence-corrected chi connectivity index (χ2v) is 6.08. The molecule has 0 radical (unpaired) electrons. The Morgan fingerprint density at radius 3 is 2.42 bits per heavy atom. The summed E-state index contributed by atoms with van der Waals surface area (Å²) in [7, 11) is 0. The minimum absolute atomic E-state index is 0.332. The fraction of sp³-hybridized carbons (Fsp3) is 0.267. The van der Waals surface area contributed by atoms with E-state index in [1.807, 2.05) is 23.9 Å². The van der Waals surface area contributed by atoms with Crippen LogP contribution in [0, 0.1) is 11.3 Å². The average molecular weight is 269 g/mol. The molecule has 0 amide bonds. The van der Waals surface area contributed by atoms with Gasteiger partial charge >= 0.3 is 0 Å². The summed E-state index contributed by atoms with van der Waals surface area (Å²) in [5.74, 6) is -0.332. The van der Waals surface area contributed by atoms with Crippen molar-refractivity contribution in [3.05, 3.63) is 54.1 Å². The number of aromatic nitrogens is 2. The van der Waals surface area contributed by atoms with Crippen LogP contribution in [0.25, 0.3) is 0 Å². The van der Waals surface area contributed by atoms with Crippen LogP contribution in [0.3, 0.4) is 0 Å². The van der Waals surface area contributed by atoms with Crippen LogP contribution in [0.15, 0.2) is 47.8 Å². The van der Waals surface area contributed by atoms with Crippen LogP contribution < -0.4 is 0 Å². The lowest BCUT2D eigenvalue weighted by atomic mass is 9.97. The normalized spacial score (nSPS) is 12.1. The Morgan fingerprint density at radius 1 is 1.16 bits per heavy atom. The molecule has 0 spiro atoms. The Hall–Kier alpha value is -1.86. The van der Waals surface area contributed by atoms with E-state index in [4.69, 9.17) is 0 Å². The highest BCUT2D eigenvalue weighted by Gasteiger charge is 2.14. The molecule has 0 aliphatic carbocycles. The van der Waals surface area contributed by atoms with Gasteiger partial charge in [-0.25, -0.2) is 9.97 Å². The summed E-state index contributed by atoms with van der Waals surface area (Å²) in [6, 6.07) is 12.2. The van der Waals surface area contributed by atoms with Crippen molar-refractivity contribution in [2.45, 2.75) is 29.9 Å². The predicted molar refractivity (Wildman–Crippen MR) is 76.9 cm³/mol. The van der Waals surface area contributed by atoms with E-state index in [2.05, 4.69) is 42.0 Å². The lowest BCUT2D eigenvalue weighted by Gasteiger charge is -2.10. The number of nitriles is 1. The summed E-state index contributed by atoms with van der Waals surface area (Å²) in [5, 5.41) is 9.89. The van der Waals surface area contributed by atoms with Gasteiger partial charge in [0.05, 0.1) is 11.8 Å². The van der Waals surface area contributed by atoms with Crippen LogP contribution in [-0.4, -0.2) is 15.2 Å². The van der Waals surface area contributed by atoms with Crippen LogP contribution >= 0.6 is 11.8 Å². The van der Waals surface area contributed by atoms with E-state index in [0.29, 0.717) is 5.25 Å². The zero-order valence-electron chi connectivity index (χ0n) is 10.9. The molecule has 4 heteroatoms. The minimum Gasteiger partial charge on any atom is -0.245 e. The first-order chi connectivity index (χ1) is 9.20. The molecule has 96 valence electrons. The highest BCUT2D eigenvalue weighted by atomic mass is 32.2. The van der Waals surface area contributed by atoms with Crippen molar-refractivity contribution in [3.8, 4) is 6.07 Å². The van der Waals surface area contributed by atoms with E-state index in [1.54, 1.807) is 12.3 Å². The third-order valence-corrected chi connectivity index (χ3v) is 3.63.